The van der Waals surface area contributed by atoms with Crippen LogP contribution in [0.25, 0.3) is 0 Å². The third-order valence-electron chi connectivity index (χ3n) is 2.29. The normalized spacial score (nSPS) is 11.8. The number of hydrogen-bond acceptors (Lipinski definition) is 4. The van der Waals surface area contributed by atoms with Gasteiger partial charge in [0.25, 0.3) is 0 Å². The van der Waals surface area contributed by atoms with Crippen molar-refractivity contribution in [1.82, 2.24) is 0 Å². The highest BCUT2D eigenvalue weighted by molar-refractivity contribution is 7.89. The molecule has 0 aliphatic heterocycles. The van der Waals surface area contributed by atoms with Crippen molar-refractivity contribution in [3.63, 3.8) is 0 Å². The Hall–Kier alpha value is -0.430. The lowest BCUT2D eigenvalue weighted by Crippen LogP contribution is -2.16. The lowest BCUT2D eigenvalue weighted by atomic mass is 10.2. The number of hydrogen-bond donors (Lipinski definition) is 1. The number of sulfonamides is 1. The molecule has 2 N–H and O–H groups in total. The molecule has 0 saturated carbocycles. The van der Waals surface area contributed by atoms with Crippen LogP contribution in [0, 0.1) is 0 Å². The van der Waals surface area contributed by atoms with Gasteiger partial charge in [0.2, 0.25) is 10.0 Å². The number of nitrogens with two attached hydrogens (primary N) is 1. The number of primary sulfonamides is 1. The maximum Gasteiger partial charge on any atom is 0.209 e. The largest absolute Gasteiger partial charge is 0.376 e. The third-order valence-corrected chi connectivity index (χ3v) is 4.00. The van der Waals surface area contributed by atoms with Crippen LogP contribution in [-0.2, 0) is 21.4 Å². The molecule has 0 spiro atoms. The van der Waals surface area contributed by atoms with Crippen LogP contribution in [0.15, 0.2) is 17.5 Å². The molecule has 0 bridgehead atoms. The molecule has 1 heterocycles. The molecule has 1 aromatic rings. The van der Waals surface area contributed by atoms with Crippen LogP contribution in [0.5, 0.6) is 0 Å². The van der Waals surface area contributed by atoms with Gasteiger partial charge in [-0.05, 0) is 24.3 Å². The van der Waals surface area contributed by atoms with Crippen LogP contribution in [0.4, 0.5) is 0 Å². The molecule has 0 aromatic carbocycles. The highest BCUT2D eigenvalue weighted by Crippen LogP contribution is 2.10. The zero-order valence-corrected chi connectivity index (χ0v) is 11.4. The molecule has 4 nitrogen and oxygen atoms in total. The number of thiophene rings is 1. The molecule has 0 amide bonds. The minimum Gasteiger partial charge on any atom is -0.376 e. The van der Waals surface area contributed by atoms with Crippen LogP contribution in [0.3, 0.4) is 0 Å². The summed E-state index contributed by atoms with van der Waals surface area (Å²) >= 11 is 1.69. The molecule has 0 aliphatic carbocycles. The van der Waals surface area contributed by atoms with E-state index in [2.05, 4.69) is 6.07 Å². The molecular weight excluding hydrogens is 258 g/mol. The molecule has 98 valence electrons. The van der Waals surface area contributed by atoms with Gasteiger partial charge in [-0.3, -0.25) is 0 Å². The summed E-state index contributed by atoms with van der Waals surface area (Å²) in [5, 5.41) is 6.93. The molecule has 0 radical (unpaired) electrons. The van der Waals surface area contributed by atoms with Crippen LogP contribution in [-0.4, -0.2) is 20.8 Å². The average Bonchev–Trinajstić information content (AvgIpc) is 2.73. The Morgan fingerprint density at radius 2 is 2.00 bits per heavy atom. The van der Waals surface area contributed by atoms with Crippen molar-refractivity contribution in [1.29, 1.82) is 0 Å². The van der Waals surface area contributed by atoms with Crippen molar-refractivity contribution in [2.45, 2.75) is 32.3 Å². The molecule has 0 fully saturated rings. The SMILES string of the molecule is NS(=O)(=O)CCCCCCOCc1cccs1. The minimum absolute atomic E-state index is 0.0864. The van der Waals surface area contributed by atoms with Gasteiger partial charge in [-0.1, -0.05) is 18.9 Å². The van der Waals surface area contributed by atoms with E-state index in [0.717, 1.165) is 25.9 Å². The van der Waals surface area contributed by atoms with Crippen molar-refractivity contribution in [3.8, 4) is 0 Å². The second-order valence-corrected chi connectivity index (χ2v) is 6.68. The maximum absolute atomic E-state index is 10.7. The summed E-state index contributed by atoms with van der Waals surface area (Å²) < 4.78 is 26.8. The van der Waals surface area contributed by atoms with Gasteiger partial charge in [-0.25, -0.2) is 13.6 Å². The van der Waals surface area contributed by atoms with Crippen molar-refractivity contribution < 1.29 is 13.2 Å². The third kappa shape index (κ3) is 8.31. The van der Waals surface area contributed by atoms with Gasteiger partial charge in [-0.15, -0.1) is 11.3 Å². The first-order valence-electron chi connectivity index (χ1n) is 5.68. The van der Waals surface area contributed by atoms with Gasteiger partial charge in [0.15, 0.2) is 0 Å². The van der Waals surface area contributed by atoms with E-state index < -0.39 is 10.0 Å². The number of ether oxygens (including phenoxy) is 1. The highest BCUT2D eigenvalue weighted by Gasteiger charge is 2.01. The monoisotopic (exact) mass is 277 g/mol. The van der Waals surface area contributed by atoms with Crippen molar-refractivity contribution in [2.24, 2.45) is 5.14 Å². The zero-order valence-electron chi connectivity index (χ0n) is 9.80. The second-order valence-electron chi connectivity index (χ2n) is 3.91. The topological polar surface area (TPSA) is 69.4 Å². The summed E-state index contributed by atoms with van der Waals surface area (Å²) in [6.45, 7) is 1.40. The lowest BCUT2D eigenvalue weighted by molar-refractivity contribution is 0.119. The Labute approximate surface area is 107 Å². The van der Waals surface area contributed by atoms with Crippen LogP contribution in [0.1, 0.15) is 30.6 Å². The van der Waals surface area contributed by atoms with Crippen LogP contribution < -0.4 is 5.14 Å². The summed E-state index contributed by atoms with van der Waals surface area (Å²) in [7, 11) is -3.28. The summed E-state index contributed by atoms with van der Waals surface area (Å²) in [4.78, 5) is 1.24. The Bertz CT molecular complexity index is 387. The van der Waals surface area contributed by atoms with Gasteiger partial charge in [0, 0.05) is 11.5 Å². The van der Waals surface area contributed by atoms with Crippen LogP contribution >= 0.6 is 11.3 Å². The summed E-state index contributed by atoms with van der Waals surface area (Å²) in [5.41, 5.74) is 0. The van der Waals surface area contributed by atoms with E-state index in [1.54, 1.807) is 11.3 Å². The Morgan fingerprint density at radius 1 is 1.24 bits per heavy atom. The van der Waals surface area contributed by atoms with E-state index in [1.807, 2.05) is 11.4 Å². The van der Waals surface area contributed by atoms with Crippen molar-refractivity contribution >= 4 is 21.4 Å². The number of rotatable bonds is 9. The molecule has 1 rings (SSSR count). The van der Waals surface area contributed by atoms with E-state index in [4.69, 9.17) is 9.88 Å². The zero-order chi connectivity index (χ0) is 12.6. The predicted octanol–water partition coefficient (Wildman–Crippen LogP) is 2.11. The quantitative estimate of drug-likeness (QED) is 0.703. The van der Waals surface area contributed by atoms with Gasteiger partial charge in [-0.2, -0.15) is 0 Å². The van der Waals surface area contributed by atoms with E-state index in [9.17, 15) is 8.42 Å². The predicted molar refractivity (Wildman–Crippen MR) is 70.4 cm³/mol. The Balaban J connectivity index is 1.88. The summed E-state index contributed by atoms with van der Waals surface area (Å²) in [6, 6.07) is 4.06. The minimum atomic E-state index is -3.28. The Kier molecular flexibility index (Phi) is 6.72. The fourth-order valence-electron chi connectivity index (χ4n) is 1.43. The van der Waals surface area contributed by atoms with Crippen LogP contribution in [0.2, 0.25) is 0 Å². The fourth-order valence-corrected chi connectivity index (χ4v) is 2.68. The molecular formula is C11H19NO3S2. The first-order valence-corrected chi connectivity index (χ1v) is 8.28. The van der Waals surface area contributed by atoms with Gasteiger partial charge in [0.05, 0.1) is 12.4 Å². The average molecular weight is 277 g/mol. The molecule has 1 aromatic heterocycles. The van der Waals surface area contributed by atoms with E-state index in [1.165, 1.54) is 4.88 Å². The first-order chi connectivity index (χ1) is 8.08. The van der Waals surface area contributed by atoms with Crippen molar-refractivity contribution in [2.75, 3.05) is 12.4 Å². The van der Waals surface area contributed by atoms with E-state index in [-0.39, 0.29) is 5.75 Å². The molecule has 17 heavy (non-hydrogen) atoms. The van der Waals surface area contributed by atoms with E-state index >= 15 is 0 Å². The second kappa shape index (κ2) is 7.81. The molecule has 0 unspecified atom stereocenters. The Morgan fingerprint density at radius 3 is 2.65 bits per heavy atom. The molecule has 6 heteroatoms. The summed E-state index contributed by atoms with van der Waals surface area (Å²) in [5.74, 6) is 0.0864. The summed E-state index contributed by atoms with van der Waals surface area (Å²) in [6.07, 6.45) is 3.48. The lowest BCUT2D eigenvalue weighted by Gasteiger charge is -2.02. The maximum atomic E-state index is 10.7. The van der Waals surface area contributed by atoms with E-state index in [0.29, 0.717) is 13.0 Å². The highest BCUT2D eigenvalue weighted by atomic mass is 32.2. The van der Waals surface area contributed by atoms with Gasteiger partial charge >= 0.3 is 0 Å². The van der Waals surface area contributed by atoms with Crippen molar-refractivity contribution in [3.05, 3.63) is 22.4 Å². The van der Waals surface area contributed by atoms with Gasteiger partial charge in [0.1, 0.15) is 0 Å². The molecule has 0 saturated heterocycles. The first kappa shape index (κ1) is 14.6. The standard InChI is InChI=1S/C11H19NO3S2/c12-17(13,14)9-4-2-1-3-7-15-10-11-6-5-8-16-11/h5-6,8H,1-4,7,9-10H2,(H2,12,13,14). The molecule has 0 aliphatic rings. The number of unbranched alkanes of at least 4 members (excludes halogenated alkanes) is 3. The smallest absolute Gasteiger partial charge is 0.209 e. The fraction of sp³-hybridized carbons (Fsp3) is 0.636. The van der Waals surface area contributed by atoms with Gasteiger partial charge < -0.3 is 4.74 Å². The molecule has 0 atom stereocenters.